The summed E-state index contributed by atoms with van der Waals surface area (Å²) in [6, 6.07) is 5.82. The van der Waals surface area contributed by atoms with E-state index in [9.17, 15) is 4.79 Å². The summed E-state index contributed by atoms with van der Waals surface area (Å²) in [5.74, 6) is 1.15. The molecule has 0 aliphatic heterocycles. The van der Waals surface area contributed by atoms with Gasteiger partial charge < -0.3 is 20.1 Å². The average molecular weight is 294 g/mol. The molecule has 0 aliphatic rings. The van der Waals surface area contributed by atoms with Crippen LogP contribution in [0.25, 0.3) is 0 Å². The van der Waals surface area contributed by atoms with E-state index in [0.717, 1.165) is 5.56 Å². The molecule has 1 aromatic carbocycles. The van der Waals surface area contributed by atoms with Crippen LogP contribution in [0.4, 0.5) is 0 Å². The first-order chi connectivity index (χ1) is 9.99. The first-order valence-corrected chi connectivity index (χ1v) is 7.35. The molecule has 5 heteroatoms. The molecule has 0 radical (unpaired) electrons. The Labute approximate surface area is 127 Å². The normalized spacial score (nSPS) is 12.1. The molecule has 2 N–H and O–H groups in total. The number of hydrogen-bond acceptors (Lipinski definition) is 4. The average Bonchev–Trinajstić information content (AvgIpc) is 2.41. The Kier molecular flexibility index (Phi) is 7.02. The summed E-state index contributed by atoms with van der Waals surface area (Å²) in [4.78, 5) is 12.0. The fourth-order valence-corrected chi connectivity index (χ4v) is 1.93. The number of ether oxygens (including phenoxy) is 2. The van der Waals surface area contributed by atoms with Crippen LogP contribution in [0.15, 0.2) is 18.2 Å². The van der Waals surface area contributed by atoms with Crippen LogP contribution >= 0.6 is 0 Å². The second-order valence-corrected chi connectivity index (χ2v) is 5.13. The Morgan fingerprint density at radius 1 is 1.29 bits per heavy atom. The molecule has 0 saturated carbocycles. The number of carbonyl (C=O) groups excluding carboxylic acids is 1. The number of amides is 1. The SMILES string of the molecule is CCOc1cccc(CNC)c1OC(C)C(=O)NC(C)C. The van der Waals surface area contributed by atoms with Crippen molar-refractivity contribution in [2.24, 2.45) is 0 Å². The summed E-state index contributed by atoms with van der Waals surface area (Å²) in [5, 5.41) is 5.94. The third-order valence-corrected chi connectivity index (χ3v) is 2.82. The van der Waals surface area contributed by atoms with Gasteiger partial charge in [-0.2, -0.15) is 0 Å². The third-order valence-electron chi connectivity index (χ3n) is 2.82. The molecule has 0 spiro atoms. The molecule has 5 nitrogen and oxygen atoms in total. The smallest absolute Gasteiger partial charge is 0.260 e. The molecule has 1 amide bonds. The molecule has 1 unspecified atom stereocenters. The van der Waals surface area contributed by atoms with Crippen molar-refractivity contribution in [3.8, 4) is 11.5 Å². The highest BCUT2D eigenvalue weighted by Crippen LogP contribution is 2.32. The Hall–Kier alpha value is -1.75. The van der Waals surface area contributed by atoms with Crippen molar-refractivity contribution in [1.29, 1.82) is 0 Å². The van der Waals surface area contributed by atoms with Gasteiger partial charge in [-0.05, 0) is 40.8 Å². The Balaban J connectivity index is 2.95. The highest BCUT2D eigenvalue weighted by molar-refractivity contribution is 5.81. The number of benzene rings is 1. The molecule has 0 saturated heterocycles. The molecular weight excluding hydrogens is 268 g/mol. The van der Waals surface area contributed by atoms with E-state index in [1.807, 2.05) is 46.0 Å². The molecule has 0 fully saturated rings. The van der Waals surface area contributed by atoms with E-state index in [4.69, 9.17) is 9.47 Å². The fourth-order valence-electron chi connectivity index (χ4n) is 1.93. The van der Waals surface area contributed by atoms with Gasteiger partial charge in [0.2, 0.25) is 0 Å². The van der Waals surface area contributed by atoms with Crippen molar-refractivity contribution in [2.75, 3.05) is 13.7 Å². The summed E-state index contributed by atoms with van der Waals surface area (Å²) >= 11 is 0. The Morgan fingerprint density at radius 2 is 2.00 bits per heavy atom. The highest BCUT2D eigenvalue weighted by atomic mass is 16.5. The van der Waals surface area contributed by atoms with Gasteiger partial charge in [0.15, 0.2) is 17.6 Å². The topological polar surface area (TPSA) is 59.6 Å². The van der Waals surface area contributed by atoms with E-state index in [2.05, 4.69) is 10.6 Å². The van der Waals surface area contributed by atoms with Crippen molar-refractivity contribution in [3.05, 3.63) is 23.8 Å². The Bertz CT molecular complexity index is 437. The summed E-state index contributed by atoms with van der Waals surface area (Å²) in [6.07, 6.45) is -0.579. The lowest BCUT2D eigenvalue weighted by atomic mass is 10.1. The molecule has 0 aliphatic carbocycles. The van der Waals surface area contributed by atoms with Crippen LogP contribution in [-0.4, -0.2) is 31.7 Å². The second-order valence-electron chi connectivity index (χ2n) is 5.13. The molecule has 1 atom stereocenters. The zero-order valence-corrected chi connectivity index (χ0v) is 13.5. The zero-order chi connectivity index (χ0) is 15.8. The van der Waals surface area contributed by atoms with Crippen LogP contribution in [0.3, 0.4) is 0 Å². The molecular formula is C16H26N2O3. The molecule has 0 bridgehead atoms. The predicted octanol–water partition coefficient (Wildman–Crippen LogP) is 2.10. The minimum atomic E-state index is -0.579. The van der Waals surface area contributed by atoms with Gasteiger partial charge >= 0.3 is 0 Å². The van der Waals surface area contributed by atoms with E-state index in [1.54, 1.807) is 6.92 Å². The predicted molar refractivity (Wildman–Crippen MR) is 83.7 cm³/mol. The van der Waals surface area contributed by atoms with Gasteiger partial charge in [0.1, 0.15) is 0 Å². The van der Waals surface area contributed by atoms with Crippen molar-refractivity contribution in [3.63, 3.8) is 0 Å². The standard InChI is InChI=1S/C16H26N2O3/c1-6-20-14-9-7-8-13(10-17-5)15(14)21-12(4)16(19)18-11(2)3/h7-9,11-12,17H,6,10H2,1-5H3,(H,18,19). The van der Waals surface area contributed by atoms with Gasteiger partial charge in [-0.15, -0.1) is 0 Å². The van der Waals surface area contributed by atoms with Gasteiger partial charge in [0.25, 0.3) is 5.91 Å². The molecule has 0 heterocycles. The summed E-state index contributed by atoms with van der Waals surface area (Å²) in [6.45, 7) is 8.70. The number of rotatable bonds is 8. The van der Waals surface area contributed by atoms with E-state index >= 15 is 0 Å². The lowest BCUT2D eigenvalue weighted by molar-refractivity contribution is -0.127. The fraction of sp³-hybridized carbons (Fsp3) is 0.562. The van der Waals surface area contributed by atoms with Crippen LogP contribution in [0, 0.1) is 0 Å². The second kappa shape index (κ2) is 8.52. The van der Waals surface area contributed by atoms with Crippen molar-refractivity contribution >= 4 is 5.91 Å². The summed E-state index contributed by atoms with van der Waals surface area (Å²) in [7, 11) is 1.87. The monoisotopic (exact) mass is 294 g/mol. The molecule has 0 aromatic heterocycles. The molecule has 21 heavy (non-hydrogen) atoms. The van der Waals surface area contributed by atoms with E-state index in [-0.39, 0.29) is 11.9 Å². The Morgan fingerprint density at radius 3 is 2.57 bits per heavy atom. The van der Waals surface area contributed by atoms with Gasteiger partial charge in [-0.25, -0.2) is 0 Å². The van der Waals surface area contributed by atoms with Crippen LogP contribution < -0.4 is 20.1 Å². The van der Waals surface area contributed by atoms with Gasteiger partial charge in [-0.3, -0.25) is 4.79 Å². The van der Waals surface area contributed by atoms with Crippen molar-refractivity contribution < 1.29 is 14.3 Å². The minimum absolute atomic E-state index is 0.0856. The minimum Gasteiger partial charge on any atom is -0.490 e. The first kappa shape index (κ1) is 17.3. The van der Waals surface area contributed by atoms with Gasteiger partial charge in [0.05, 0.1) is 6.61 Å². The highest BCUT2D eigenvalue weighted by Gasteiger charge is 2.19. The molecule has 1 rings (SSSR count). The summed E-state index contributed by atoms with van der Waals surface area (Å²) in [5.41, 5.74) is 0.965. The summed E-state index contributed by atoms with van der Waals surface area (Å²) < 4.78 is 11.5. The van der Waals surface area contributed by atoms with E-state index < -0.39 is 6.10 Å². The van der Waals surface area contributed by atoms with Crippen molar-refractivity contribution in [1.82, 2.24) is 10.6 Å². The van der Waals surface area contributed by atoms with E-state index in [0.29, 0.717) is 24.7 Å². The van der Waals surface area contributed by atoms with Gasteiger partial charge in [-0.1, -0.05) is 12.1 Å². The number of nitrogens with one attached hydrogen (secondary N) is 2. The maximum Gasteiger partial charge on any atom is 0.260 e. The van der Waals surface area contributed by atoms with E-state index in [1.165, 1.54) is 0 Å². The third kappa shape index (κ3) is 5.27. The molecule has 1 aromatic rings. The van der Waals surface area contributed by atoms with Crippen molar-refractivity contribution in [2.45, 2.75) is 46.4 Å². The first-order valence-electron chi connectivity index (χ1n) is 7.35. The maximum absolute atomic E-state index is 12.0. The van der Waals surface area contributed by atoms with Crippen LogP contribution in [0.5, 0.6) is 11.5 Å². The largest absolute Gasteiger partial charge is 0.490 e. The maximum atomic E-state index is 12.0. The number of carbonyl (C=O) groups is 1. The number of para-hydroxylation sites is 1. The lowest BCUT2D eigenvalue weighted by Crippen LogP contribution is -2.40. The molecule has 118 valence electrons. The van der Waals surface area contributed by atoms with Gasteiger partial charge in [0, 0.05) is 18.2 Å². The number of hydrogen-bond donors (Lipinski definition) is 2. The van der Waals surface area contributed by atoms with Crippen LogP contribution in [0.2, 0.25) is 0 Å². The quantitative estimate of drug-likeness (QED) is 0.771. The van der Waals surface area contributed by atoms with Crippen LogP contribution in [-0.2, 0) is 11.3 Å². The zero-order valence-electron chi connectivity index (χ0n) is 13.5. The van der Waals surface area contributed by atoms with Crippen LogP contribution in [0.1, 0.15) is 33.3 Å². The lowest BCUT2D eigenvalue weighted by Gasteiger charge is -2.20.